The number of hydrogen-bond donors (Lipinski definition) is 1. The van der Waals surface area contributed by atoms with E-state index in [1.54, 1.807) is 0 Å². The molecule has 0 saturated heterocycles. The van der Waals surface area contributed by atoms with E-state index in [2.05, 4.69) is 14.7 Å². The fourth-order valence-corrected chi connectivity index (χ4v) is 1.14. The number of rotatable bonds is 2. The van der Waals surface area contributed by atoms with Crippen LogP contribution in [0.15, 0.2) is 23.0 Å². The van der Waals surface area contributed by atoms with Crippen LogP contribution in [0.25, 0.3) is 11.3 Å². The summed E-state index contributed by atoms with van der Waals surface area (Å²) in [4.78, 5) is 13.8. The SMILES string of the molecule is O=C(O)c1cc(-c2c(F)cncc2F)on1. The Balaban J connectivity index is 2.54. The first-order valence-electron chi connectivity index (χ1n) is 4.09. The summed E-state index contributed by atoms with van der Waals surface area (Å²) < 4.78 is 31.0. The van der Waals surface area contributed by atoms with Crippen molar-refractivity contribution in [1.82, 2.24) is 10.1 Å². The molecule has 16 heavy (non-hydrogen) atoms. The molecule has 0 bridgehead atoms. The lowest BCUT2D eigenvalue weighted by atomic mass is 10.2. The van der Waals surface area contributed by atoms with Gasteiger partial charge in [-0.3, -0.25) is 4.98 Å². The Bertz CT molecular complexity index is 533. The Labute approximate surface area is 87.3 Å². The molecule has 0 aliphatic heterocycles. The standard InChI is InChI=1S/C9H4F2N2O3/c10-4-2-12-3-5(11)8(4)7-1-6(9(14)15)13-16-7/h1-3H,(H,14,15). The number of aromatic nitrogens is 2. The molecule has 2 aromatic heterocycles. The molecule has 82 valence electrons. The molecule has 1 N–H and O–H groups in total. The molecule has 0 aliphatic rings. The number of pyridine rings is 1. The number of carboxylic acid groups (broad SMARTS) is 1. The van der Waals surface area contributed by atoms with Crippen molar-refractivity contribution in [3.8, 4) is 11.3 Å². The number of aromatic carboxylic acids is 1. The van der Waals surface area contributed by atoms with E-state index in [1.165, 1.54) is 0 Å². The molecule has 7 heteroatoms. The van der Waals surface area contributed by atoms with Crippen LogP contribution in [-0.4, -0.2) is 21.2 Å². The van der Waals surface area contributed by atoms with Gasteiger partial charge in [0.25, 0.3) is 0 Å². The smallest absolute Gasteiger partial charge is 0.358 e. The normalized spacial score (nSPS) is 10.4. The van der Waals surface area contributed by atoms with Gasteiger partial charge in [0.2, 0.25) is 0 Å². The molecule has 0 aromatic carbocycles. The van der Waals surface area contributed by atoms with E-state index < -0.39 is 28.9 Å². The highest BCUT2D eigenvalue weighted by Crippen LogP contribution is 2.25. The van der Waals surface area contributed by atoms with Gasteiger partial charge < -0.3 is 9.63 Å². The molecule has 0 fully saturated rings. The fraction of sp³-hybridized carbons (Fsp3) is 0. The Morgan fingerprint density at radius 3 is 2.44 bits per heavy atom. The monoisotopic (exact) mass is 226 g/mol. The van der Waals surface area contributed by atoms with E-state index in [0.29, 0.717) is 0 Å². The first-order valence-corrected chi connectivity index (χ1v) is 4.09. The minimum Gasteiger partial charge on any atom is -0.476 e. The lowest BCUT2D eigenvalue weighted by Crippen LogP contribution is -1.94. The van der Waals surface area contributed by atoms with Gasteiger partial charge >= 0.3 is 5.97 Å². The van der Waals surface area contributed by atoms with Gasteiger partial charge in [0.1, 0.15) is 0 Å². The van der Waals surface area contributed by atoms with Crippen molar-refractivity contribution in [3.63, 3.8) is 0 Å². The third kappa shape index (κ3) is 1.62. The third-order valence-corrected chi connectivity index (χ3v) is 1.83. The topological polar surface area (TPSA) is 76.2 Å². The molecule has 0 aliphatic carbocycles. The number of carboxylic acids is 1. The molecule has 2 aromatic rings. The van der Waals surface area contributed by atoms with E-state index >= 15 is 0 Å². The predicted molar refractivity (Wildman–Crippen MR) is 46.6 cm³/mol. The minimum atomic E-state index is -1.34. The molecule has 0 spiro atoms. The van der Waals surface area contributed by atoms with E-state index in [-0.39, 0.29) is 5.76 Å². The maximum atomic E-state index is 13.2. The zero-order chi connectivity index (χ0) is 11.7. The summed E-state index contributed by atoms with van der Waals surface area (Å²) >= 11 is 0. The van der Waals surface area contributed by atoms with Crippen molar-refractivity contribution in [1.29, 1.82) is 0 Å². The summed E-state index contributed by atoms with van der Waals surface area (Å²) in [6.07, 6.45) is 1.59. The van der Waals surface area contributed by atoms with Gasteiger partial charge in [-0.25, -0.2) is 13.6 Å². The van der Waals surface area contributed by atoms with Crippen molar-refractivity contribution >= 4 is 5.97 Å². The Hall–Kier alpha value is -2.31. The lowest BCUT2D eigenvalue weighted by molar-refractivity contribution is 0.0686. The molecular weight excluding hydrogens is 222 g/mol. The van der Waals surface area contributed by atoms with Crippen molar-refractivity contribution in [2.75, 3.05) is 0 Å². The summed E-state index contributed by atoms with van der Waals surface area (Å²) in [5.41, 5.74) is -0.916. The van der Waals surface area contributed by atoms with Crippen molar-refractivity contribution < 1.29 is 23.2 Å². The average molecular weight is 226 g/mol. The summed E-state index contributed by atoms with van der Waals surface area (Å²) in [5.74, 6) is -3.54. The summed E-state index contributed by atoms with van der Waals surface area (Å²) in [7, 11) is 0. The number of carbonyl (C=O) groups is 1. The second kappa shape index (κ2) is 3.69. The highest BCUT2D eigenvalue weighted by Gasteiger charge is 2.18. The van der Waals surface area contributed by atoms with E-state index in [1.807, 2.05) is 0 Å². The van der Waals surface area contributed by atoms with Crippen LogP contribution in [0.1, 0.15) is 10.5 Å². The molecular formula is C9H4F2N2O3. The van der Waals surface area contributed by atoms with Gasteiger partial charge in [-0.2, -0.15) is 0 Å². The largest absolute Gasteiger partial charge is 0.476 e. The van der Waals surface area contributed by atoms with Crippen LogP contribution in [0, 0.1) is 11.6 Å². The fourth-order valence-electron chi connectivity index (χ4n) is 1.14. The van der Waals surface area contributed by atoms with Crippen LogP contribution in [0.4, 0.5) is 8.78 Å². The Kier molecular flexibility index (Phi) is 2.35. The molecule has 0 saturated carbocycles. The van der Waals surface area contributed by atoms with E-state index in [9.17, 15) is 13.6 Å². The van der Waals surface area contributed by atoms with Crippen molar-refractivity contribution in [2.45, 2.75) is 0 Å². The first-order chi connectivity index (χ1) is 7.59. The quantitative estimate of drug-likeness (QED) is 0.843. The van der Waals surface area contributed by atoms with Crippen LogP contribution in [0.3, 0.4) is 0 Å². The van der Waals surface area contributed by atoms with Crippen LogP contribution < -0.4 is 0 Å². The summed E-state index contributed by atoms with van der Waals surface area (Å²) in [6.45, 7) is 0. The van der Waals surface area contributed by atoms with Crippen LogP contribution >= 0.6 is 0 Å². The number of nitrogens with zero attached hydrogens (tertiary/aromatic N) is 2. The van der Waals surface area contributed by atoms with Crippen molar-refractivity contribution in [3.05, 3.63) is 35.8 Å². The molecule has 0 amide bonds. The summed E-state index contributed by atoms with van der Waals surface area (Å²) in [5, 5.41) is 11.7. The maximum Gasteiger partial charge on any atom is 0.358 e. The van der Waals surface area contributed by atoms with Gasteiger partial charge in [-0.05, 0) is 0 Å². The zero-order valence-corrected chi connectivity index (χ0v) is 7.65. The third-order valence-electron chi connectivity index (χ3n) is 1.83. The van der Waals surface area contributed by atoms with Gasteiger partial charge in [0.15, 0.2) is 23.1 Å². The first kappa shape index (κ1) is 10.2. The van der Waals surface area contributed by atoms with Gasteiger partial charge in [-0.1, -0.05) is 5.16 Å². The average Bonchev–Trinajstić information content (AvgIpc) is 2.66. The van der Waals surface area contributed by atoms with Gasteiger partial charge in [0, 0.05) is 6.07 Å². The second-order valence-electron chi connectivity index (χ2n) is 2.86. The van der Waals surface area contributed by atoms with Gasteiger partial charge in [0.05, 0.1) is 18.0 Å². The zero-order valence-electron chi connectivity index (χ0n) is 7.65. The molecule has 0 atom stereocenters. The van der Waals surface area contributed by atoms with Crippen LogP contribution in [0.2, 0.25) is 0 Å². The molecule has 2 heterocycles. The van der Waals surface area contributed by atoms with Crippen LogP contribution in [-0.2, 0) is 0 Å². The maximum absolute atomic E-state index is 13.2. The highest BCUT2D eigenvalue weighted by atomic mass is 19.1. The van der Waals surface area contributed by atoms with E-state index in [0.717, 1.165) is 18.5 Å². The van der Waals surface area contributed by atoms with E-state index in [4.69, 9.17) is 5.11 Å². The Morgan fingerprint density at radius 1 is 1.31 bits per heavy atom. The predicted octanol–water partition coefficient (Wildman–Crippen LogP) is 1.71. The number of hydrogen-bond acceptors (Lipinski definition) is 4. The molecule has 0 unspecified atom stereocenters. The number of halogens is 2. The minimum absolute atomic E-state index is 0.296. The second-order valence-corrected chi connectivity index (χ2v) is 2.86. The van der Waals surface area contributed by atoms with Crippen LogP contribution in [0.5, 0.6) is 0 Å². The Morgan fingerprint density at radius 2 is 1.94 bits per heavy atom. The summed E-state index contributed by atoms with van der Waals surface area (Å²) in [6, 6.07) is 0.934. The lowest BCUT2D eigenvalue weighted by Gasteiger charge is -1.97. The highest BCUT2D eigenvalue weighted by molar-refractivity contribution is 5.86. The molecule has 5 nitrogen and oxygen atoms in total. The van der Waals surface area contributed by atoms with Crippen molar-refractivity contribution in [2.24, 2.45) is 0 Å². The van der Waals surface area contributed by atoms with Gasteiger partial charge in [-0.15, -0.1) is 0 Å². The molecule has 0 radical (unpaired) electrons. The molecule has 2 rings (SSSR count).